The molecule has 0 heterocycles. The van der Waals surface area contributed by atoms with Crippen molar-refractivity contribution in [3.05, 3.63) is 0 Å². The number of aliphatic carboxylic acids is 2. The molecule has 0 aromatic rings. The Kier molecular flexibility index (Phi) is 6.40. The fourth-order valence-electron chi connectivity index (χ4n) is 1.24. The highest BCUT2D eigenvalue weighted by atomic mass is 16.4. The van der Waals surface area contributed by atoms with Crippen LogP contribution in [0.15, 0.2) is 0 Å². The van der Waals surface area contributed by atoms with Gasteiger partial charge in [0.2, 0.25) is 11.8 Å². The van der Waals surface area contributed by atoms with Crippen molar-refractivity contribution in [1.82, 2.24) is 10.6 Å². The van der Waals surface area contributed by atoms with Gasteiger partial charge in [-0.15, -0.1) is 0 Å². The number of carbonyl (C=O) groups excluding carboxylic acids is 2. The van der Waals surface area contributed by atoms with Crippen molar-refractivity contribution in [2.24, 2.45) is 0 Å². The van der Waals surface area contributed by atoms with Gasteiger partial charge < -0.3 is 20.8 Å². The van der Waals surface area contributed by atoms with Crippen LogP contribution in [-0.4, -0.2) is 46.0 Å². The molecule has 0 rings (SSSR count). The van der Waals surface area contributed by atoms with Crippen molar-refractivity contribution < 1.29 is 29.4 Å². The lowest BCUT2D eigenvalue weighted by Gasteiger charge is -2.18. The first-order valence-corrected chi connectivity index (χ1v) is 5.30. The van der Waals surface area contributed by atoms with Gasteiger partial charge in [-0.1, -0.05) is 6.92 Å². The van der Waals surface area contributed by atoms with Crippen molar-refractivity contribution in [1.29, 1.82) is 0 Å². The lowest BCUT2D eigenvalue weighted by molar-refractivity contribution is -0.143. The highest BCUT2D eigenvalue weighted by molar-refractivity contribution is 5.92. The normalized spacial score (nSPS) is 13.2. The first-order valence-electron chi connectivity index (χ1n) is 5.30. The molecule has 0 saturated carbocycles. The van der Waals surface area contributed by atoms with E-state index in [2.05, 4.69) is 10.6 Å². The summed E-state index contributed by atoms with van der Waals surface area (Å²) >= 11 is 0. The minimum atomic E-state index is -1.28. The van der Waals surface area contributed by atoms with Crippen molar-refractivity contribution in [3.63, 3.8) is 0 Å². The maximum Gasteiger partial charge on any atom is 0.326 e. The molecule has 0 aliphatic rings. The minimum absolute atomic E-state index is 0.154. The average molecular weight is 260 g/mol. The third-order valence-corrected chi connectivity index (χ3v) is 2.10. The summed E-state index contributed by atoms with van der Waals surface area (Å²) in [4.78, 5) is 43.7. The van der Waals surface area contributed by atoms with Crippen molar-refractivity contribution in [2.45, 2.75) is 38.8 Å². The molecule has 2 atom stereocenters. The van der Waals surface area contributed by atoms with Gasteiger partial charge in [0.25, 0.3) is 0 Å². The molecule has 0 bridgehead atoms. The standard InChI is InChI=1S/C10H16N2O6/c1-3-6(10(17)18)12-9(16)7(4-8(14)15)11-5(2)13/h6-7H,3-4H2,1-2H3,(H,11,13)(H,12,16)(H,14,15)(H,17,18). The third-order valence-electron chi connectivity index (χ3n) is 2.10. The van der Waals surface area contributed by atoms with Gasteiger partial charge in [0.15, 0.2) is 0 Å². The van der Waals surface area contributed by atoms with Gasteiger partial charge in [0, 0.05) is 6.92 Å². The molecular formula is C10H16N2O6. The zero-order chi connectivity index (χ0) is 14.3. The second-order valence-electron chi connectivity index (χ2n) is 3.66. The predicted molar refractivity (Wildman–Crippen MR) is 59.7 cm³/mol. The van der Waals surface area contributed by atoms with E-state index in [1.165, 1.54) is 0 Å². The van der Waals surface area contributed by atoms with Crippen LogP contribution in [0.4, 0.5) is 0 Å². The van der Waals surface area contributed by atoms with Crippen LogP contribution < -0.4 is 10.6 Å². The van der Waals surface area contributed by atoms with Gasteiger partial charge in [0.1, 0.15) is 12.1 Å². The van der Waals surface area contributed by atoms with Crippen LogP contribution >= 0.6 is 0 Å². The Bertz CT molecular complexity index is 338. The maximum absolute atomic E-state index is 11.6. The Hall–Kier alpha value is -2.12. The summed E-state index contributed by atoms with van der Waals surface area (Å²) in [5.74, 6) is -3.89. The van der Waals surface area contributed by atoms with Crippen LogP contribution in [0.1, 0.15) is 26.7 Å². The Labute approximate surface area is 103 Å². The van der Waals surface area contributed by atoms with Gasteiger partial charge in [0.05, 0.1) is 6.42 Å². The van der Waals surface area contributed by atoms with Gasteiger partial charge in [-0.05, 0) is 6.42 Å². The first-order chi connectivity index (χ1) is 8.27. The lowest BCUT2D eigenvalue weighted by Crippen LogP contribution is -2.51. The smallest absolute Gasteiger partial charge is 0.326 e. The second kappa shape index (κ2) is 7.25. The minimum Gasteiger partial charge on any atom is -0.481 e. The third kappa shape index (κ3) is 5.83. The van der Waals surface area contributed by atoms with E-state index in [0.717, 1.165) is 6.92 Å². The lowest BCUT2D eigenvalue weighted by atomic mass is 10.1. The Morgan fingerprint density at radius 2 is 1.61 bits per heavy atom. The number of carboxylic acids is 2. The fourth-order valence-corrected chi connectivity index (χ4v) is 1.24. The molecule has 0 radical (unpaired) electrons. The van der Waals surface area contributed by atoms with Crippen LogP contribution in [0, 0.1) is 0 Å². The number of rotatable bonds is 7. The molecule has 102 valence electrons. The Balaban J connectivity index is 4.68. The highest BCUT2D eigenvalue weighted by Crippen LogP contribution is 1.97. The fraction of sp³-hybridized carbons (Fsp3) is 0.600. The van der Waals surface area contributed by atoms with Crippen LogP contribution in [0.2, 0.25) is 0 Å². The van der Waals surface area contributed by atoms with Crippen LogP contribution in [0.3, 0.4) is 0 Å². The maximum atomic E-state index is 11.6. The zero-order valence-corrected chi connectivity index (χ0v) is 10.1. The molecular weight excluding hydrogens is 244 g/mol. The van der Waals surface area contributed by atoms with Gasteiger partial charge in [-0.2, -0.15) is 0 Å². The van der Waals surface area contributed by atoms with E-state index in [1.807, 2.05) is 0 Å². The largest absolute Gasteiger partial charge is 0.481 e. The van der Waals surface area contributed by atoms with E-state index >= 15 is 0 Å². The number of hydrogen-bond acceptors (Lipinski definition) is 4. The van der Waals surface area contributed by atoms with E-state index in [-0.39, 0.29) is 6.42 Å². The average Bonchev–Trinajstić information content (AvgIpc) is 2.22. The van der Waals surface area contributed by atoms with Gasteiger partial charge >= 0.3 is 11.9 Å². The summed E-state index contributed by atoms with van der Waals surface area (Å²) in [7, 11) is 0. The molecule has 2 amide bonds. The summed E-state index contributed by atoms with van der Waals surface area (Å²) in [6.07, 6.45) is -0.456. The molecule has 8 nitrogen and oxygen atoms in total. The Morgan fingerprint density at radius 1 is 1.06 bits per heavy atom. The summed E-state index contributed by atoms with van der Waals surface area (Å²) in [6, 6.07) is -2.39. The number of carboxylic acid groups (broad SMARTS) is 2. The quantitative estimate of drug-likeness (QED) is 0.461. The first kappa shape index (κ1) is 15.9. The number of nitrogens with one attached hydrogen (secondary N) is 2. The Morgan fingerprint density at radius 3 is 1.94 bits per heavy atom. The van der Waals surface area contributed by atoms with E-state index in [0.29, 0.717) is 0 Å². The van der Waals surface area contributed by atoms with Crippen LogP contribution in [0.5, 0.6) is 0 Å². The summed E-state index contributed by atoms with van der Waals surface area (Å²) in [5.41, 5.74) is 0. The second-order valence-corrected chi connectivity index (χ2v) is 3.66. The topological polar surface area (TPSA) is 133 Å². The molecule has 0 fully saturated rings. The number of carbonyl (C=O) groups is 4. The molecule has 0 aliphatic carbocycles. The molecule has 0 spiro atoms. The number of hydrogen-bond donors (Lipinski definition) is 4. The van der Waals surface area contributed by atoms with E-state index in [9.17, 15) is 19.2 Å². The summed E-state index contributed by atoms with van der Waals surface area (Å²) in [5, 5.41) is 21.7. The molecule has 18 heavy (non-hydrogen) atoms. The van der Waals surface area contributed by atoms with Crippen molar-refractivity contribution in [3.8, 4) is 0 Å². The zero-order valence-electron chi connectivity index (χ0n) is 10.1. The SMILES string of the molecule is CCC(NC(=O)C(CC(=O)O)NC(C)=O)C(=O)O. The molecule has 0 aromatic carbocycles. The van der Waals surface area contributed by atoms with Gasteiger partial charge in [-0.3, -0.25) is 14.4 Å². The molecule has 8 heteroatoms. The predicted octanol–water partition coefficient (Wildman–Crippen LogP) is -1.05. The molecule has 0 aliphatic heterocycles. The van der Waals surface area contributed by atoms with E-state index in [4.69, 9.17) is 10.2 Å². The summed E-state index contributed by atoms with van der Waals surface area (Å²) < 4.78 is 0. The van der Waals surface area contributed by atoms with Crippen molar-refractivity contribution >= 4 is 23.8 Å². The molecule has 0 aromatic heterocycles. The summed E-state index contributed by atoms with van der Waals surface area (Å²) in [6.45, 7) is 2.69. The van der Waals surface area contributed by atoms with Gasteiger partial charge in [-0.25, -0.2) is 4.79 Å². The van der Waals surface area contributed by atoms with Crippen LogP contribution in [-0.2, 0) is 19.2 Å². The van der Waals surface area contributed by atoms with E-state index < -0.39 is 42.3 Å². The molecule has 2 unspecified atom stereocenters. The highest BCUT2D eigenvalue weighted by Gasteiger charge is 2.26. The molecule has 4 N–H and O–H groups in total. The monoisotopic (exact) mass is 260 g/mol. The van der Waals surface area contributed by atoms with Crippen molar-refractivity contribution in [2.75, 3.05) is 0 Å². The van der Waals surface area contributed by atoms with Crippen LogP contribution in [0.25, 0.3) is 0 Å². The number of amides is 2. The van der Waals surface area contributed by atoms with E-state index in [1.54, 1.807) is 6.92 Å². The molecule has 0 saturated heterocycles.